The number of hydroxylamine groups is 1. The first-order chi connectivity index (χ1) is 6.33. The van der Waals surface area contributed by atoms with Crippen molar-refractivity contribution in [3.8, 4) is 0 Å². The molecule has 0 atom stereocenters. The molecule has 0 saturated heterocycles. The Kier molecular flexibility index (Phi) is 6.74. The molecule has 1 amide bonds. The third-order valence-electron chi connectivity index (χ3n) is 1.45. The summed E-state index contributed by atoms with van der Waals surface area (Å²) in [6.45, 7) is 0.293. The van der Waals surface area contributed by atoms with E-state index < -0.39 is 0 Å². The number of nitrogens with one attached hydrogen (secondary N) is 1. The number of nitrogens with two attached hydrogens (primary N) is 1. The summed E-state index contributed by atoms with van der Waals surface area (Å²) in [6, 6.07) is 9.55. The van der Waals surface area contributed by atoms with Gasteiger partial charge >= 0.3 is 0 Å². The highest BCUT2D eigenvalue weighted by Crippen LogP contribution is 1.98. The van der Waals surface area contributed by atoms with Gasteiger partial charge < -0.3 is 5.73 Å². The summed E-state index contributed by atoms with van der Waals surface area (Å²) < 4.78 is 0. The lowest BCUT2D eigenvalue weighted by Crippen LogP contribution is -2.30. The van der Waals surface area contributed by atoms with Crippen molar-refractivity contribution in [1.82, 2.24) is 5.48 Å². The van der Waals surface area contributed by atoms with Gasteiger partial charge in [-0.1, -0.05) is 30.3 Å². The molecule has 1 aromatic rings. The second-order valence-corrected chi connectivity index (χ2v) is 2.50. The molecule has 1 aromatic carbocycles. The van der Waals surface area contributed by atoms with Gasteiger partial charge in [0.1, 0.15) is 0 Å². The van der Waals surface area contributed by atoms with E-state index in [0.717, 1.165) is 5.56 Å². The Bertz CT molecular complexity index is 267. The van der Waals surface area contributed by atoms with E-state index >= 15 is 0 Å². The van der Waals surface area contributed by atoms with Crippen LogP contribution >= 0.6 is 12.4 Å². The zero-order valence-electron chi connectivity index (χ0n) is 7.60. The number of carbonyl (C=O) groups excluding carboxylic acids is 1. The van der Waals surface area contributed by atoms with E-state index in [1.54, 1.807) is 0 Å². The maximum absolute atomic E-state index is 10.6. The lowest BCUT2D eigenvalue weighted by atomic mass is 10.2. The largest absolute Gasteiger partial charge is 0.322 e. The van der Waals surface area contributed by atoms with Crippen molar-refractivity contribution in [2.45, 2.75) is 6.61 Å². The van der Waals surface area contributed by atoms with Gasteiger partial charge in [0.25, 0.3) is 5.91 Å². The quantitative estimate of drug-likeness (QED) is 0.726. The summed E-state index contributed by atoms with van der Waals surface area (Å²) in [4.78, 5) is 15.5. The molecule has 0 spiro atoms. The number of halogens is 1. The van der Waals surface area contributed by atoms with Gasteiger partial charge in [0.05, 0.1) is 13.2 Å². The Labute approximate surface area is 88.8 Å². The topological polar surface area (TPSA) is 64.4 Å². The van der Waals surface area contributed by atoms with E-state index in [2.05, 4.69) is 5.48 Å². The van der Waals surface area contributed by atoms with E-state index in [1.165, 1.54) is 0 Å². The highest BCUT2D eigenvalue weighted by atomic mass is 35.5. The fourth-order valence-corrected chi connectivity index (χ4v) is 0.816. The van der Waals surface area contributed by atoms with Crippen molar-refractivity contribution in [1.29, 1.82) is 0 Å². The van der Waals surface area contributed by atoms with Gasteiger partial charge in [0, 0.05) is 0 Å². The summed E-state index contributed by atoms with van der Waals surface area (Å²) in [5, 5.41) is 0. The van der Waals surface area contributed by atoms with E-state index in [9.17, 15) is 4.79 Å². The fourth-order valence-electron chi connectivity index (χ4n) is 0.816. The van der Waals surface area contributed by atoms with Crippen molar-refractivity contribution in [3.05, 3.63) is 35.9 Å². The van der Waals surface area contributed by atoms with Crippen molar-refractivity contribution in [3.63, 3.8) is 0 Å². The van der Waals surface area contributed by atoms with Gasteiger partial charge in [-0.25, -0.2) is 5.48 Å². The molecule has 0 fully saturated rings. The minimum absolute atomic E-state index is 0. The summed E-state index contributed by atoms with van der Waals surface area (Å²) >= 11 is 0. The first-order valence-corrected chi connectivity index (χ1v) is 3.97. The smallest absolute Gasteiger partial charge is 0.257 e. The Morgan fingerprint density at radius 1 is 1.36 bits per heavy atom. The summed E-state index contributed by atoms with van der Waals surface area (Å²) in [5.41, 5.74) is 8.28. The Morgan fingerprint density at radius 2 is 2.00 bits per heavy atom. The standard InChI is InChI=1S/C9H12N2O2.ClH/c10-6-9(12)11-13-7-8-4-2-1-3-5-8;/h1-5H,6-7,10H2,(H,11,12);1H. The van der Waals surface area contributed by atoms with Gasteiger partial charge in [-0.15, -0.1) is 12.4 Å². The third-order valence-corrected chi connectivity index (χ3v) is 1.45. The van der Waals surface area contributed by atoms with Crippen LogP contribution in [0.4, 0.5) is 0 Å². The van der Waals surface area contributed by atoms with Gasteiger partial charge in [0.15, 0.2) is 0 Å². The normalized spacial score (nSPS) is 8.93. The van der Waals surface area contributed by atoms with E-state index in [-0.39, 0.29) is 24.9 Å². The highest BCUT2D eigenvalue weighted by Gasteiger charge is 1.96. The van der Waals surface area contributed by atoms with Crippen molar-refractivity contribution in [2.24, 2.45) is 5.73 Å². The van der Waals surface area contributed by atoms with Crippen molar-refractivity contribution >= 4 is 18.3 Å². The molecule has 0 aliphatic carbocycles. The third kappa shape index (κ3) is 4.81. The maximum atomic E-state index is 10.6. The SMILES string of the molecule is Cl.NCC(=O)NOCc1ccccc1. The lowest BCUT2D eigenvalue weighted by molar-refractivity contribution is -0.133. The van der Waals surface area contributed by atoms with Gasteiger partial charge in [0.2, 0.25) is 0 Å². The lowest BCUT2D eigenvalue weighted by Gasteiger charge is -2.03. The van der Waals surface area contributed by atoms with Crippen LogP contribution in [0.3, 0.4) is 0 Å². The van der Waals surface area contributed by atoms with Crippen LogP contribution in [0, 0.1) is 0 Å². The Morgan fingerprint density at radius 3 is 2.57 bits per heavy atom. The van der Waals surface area contributed by atoms with E-state index in [0.29, 0.717) is 6.61 Å². The molecular weight excluding hydrogens is 204 g/mol. The molecule has 14 heavy (non-hydrogen) atoms. The van der Waals surface area contributed by atoms with E-state index in [1.807, 2.05) is 30.3 Å². The number of rotatable bonds is 4. The van der Waals surface area contributed by atoms with Crippen LogP contribution in [-0.4, -0.2) is 12.5 Å². The molecule has 0 aromatic heterocycles. The predicted molar refractivity (Wildman–Crippen MR) is 55.7 cm³/mol. The first kappa shape index (κ1) is 12.9. The number of hydrogen-bond donors (Lipinski definition) is 2. The molecule has 0 heterocycles. The molecule has 0 aliphatic rings. The minimum Gasteiger partial charge on any atom is -0.322 e. The second-order valence-electron chi connectivity index (χ2n) is 2.50. The predicted octanol–water partition coefficient (Wildman–Crippen LogP) is 0.615. The minimum atomic E-state index is -0.323. The molecule has 0 saturated carbocycles. The molecule has 4 nitrogen and oxygen atoms in total. The second kappa shape index (κ2) is 7.32. The zero-order valence-corrected chi connectivity index (χ0v) is 8.42. The Balaban J connectivity index is 0.00000169. The molecule has 1 rings (SSSR count). The van der Waals surface area contributed by atoms with Crippen LogP contribution in [-0.2, 0) is 16.2 Å². The van der Waals surface area contributed by atoms with Crippen molar-refractivity contribution in [2.75, 3.05) is 6.54 Å². The summed E-state index contributed by atoms with van der Waals surface area (Å²) in [5.74, 6) is -0.323. The molecule has 0 unspecified atom stereocenters. The summed E-state index contributed by atoms with van der Waals surface area (Å²) in [7, 11) is 0. The van der Waals surface area contributed by atoms with Crippen LogP contribution in [0.15, 0.2) is 30.3 Å². The molecule has 0 radical (unpaired) electrons. The monoisotopic (exact) mass is 216 g/mol. The van der Waals surface area contributed by atoms with Gasteiger partial charge in [-0.05, 0) is 5.56 Å². The molecular formula is C9H13ClN2O2. The first-order valence-electron chi connectivity index (χ1n) is 3.97. The van der Waals surface area contributed by atoms with Crippen molar-refractivity contribution < 1.29 is 9.63 Å². The molecule has 5 heteroatoms. The van der Waals surface area contributed by atoms with Gasteiger partial charge in [-0.3, -0.25) is 9.63 Å². The number of benzene rings is 1. The van der Waals surface area contributed by atoms with Crippen LogP contribution in [0.25, 0.3) is 0 Å². The Hall–Kier alpha value is -1.10. The molecule has 0 aliphatic heterocycles. The van der Waals surface area contributed by atoms with Crippen LogP contribution in [0.5, 0.6) is 0 Å². The van der Waals surface area contributed by atoms with Gasteiger partial charge in [-0.2, -0.15) is 0 Å². The highest BCUT2D eigenvalue weighted by molar-refractivity contribution is 5.85. The number of hydrogen-bond acceptors (Lipinski definition) is 3. The zero-order chi connectivity index (χ0) is 9.52. The molecule has 0 bridgehead atoms. The average Bonchev–Trinajstić information content (AvgIpc) is 2.19. The number of amides is 1. The van der Waals surface area contributed by atoms with E-state index in [4.69, 9.17) is 10.6 Å². The average molecular weight is 217 g/mol. The fraction of sp³-hybridized carbons (Fsp3) is 0.222. The van der Waals surface area contributed by atoms with Crippen LogP contribution < -0.4 is 11.2 Å². The number of carbonyl (C=O) groups is 1. The van der Waals surface area contributed by atoms with Crippen LogP contribution in [0.2, 0.25) is 0 Å². The summed E-state index contributed by atoms with van der Waals surface area (Å²) in [6.07, 6.45) is 0. The maximum Gasteiger partial charge on any atom is 0.257 e. The van der Waals surface area contributed by atoms with Crippen LogP contribution in [0.1, 0.15) is 5.56 Å². The molecule has 3 N–H and O–H groups in total. The molecule has 78 valence electrons.